The Labute approximate surface area is 166 Å². The van der Waals surface area contributed by atoms with Crippen molar-refractivity contribution in [2.75, 3.05) is 18.5 Å². The van der Waals surface area contributed by atoms with Crippen LogP contribution in [0.15, 0.2) is 68.4 Å². The minimum atomic E-state index is 0.355. The second kappa shape index (κ2) is 8.45. The van der Waals surface area contributed by atoms with E-state index in [1.165, 1.54) is 20.9 Å². The summed E-state index contributed by atoms with van der Waals surface area (Å²) < 4.78 is 7.20. The summed E-state index contributed by atoms with van der Waals surface area (Å²) in [5.74, 6) is 1.33. The second-order valence-electron chi connectivity index (χ2n) is 6.16. The highest BCUT2D eigenvalue weighted by molar-refractivity contribution is 8.01. The number of anilines is 1. The van der Waals surface area contributed by atoms with Gasteiger partial charge in [0.25, 0.3) is 0 Å². The molecule has 0 radical (unpaired) electrons. The first-order valence-electron chi connectivity index (χ1n) is 8.67. The van der Waals surface area contributed by atoms with Crippen molar-refractivity contribution < 1.29 is 9.94 Å². The minimum Gasteiger partial charge on any atom is -0.493 e. The molecule has 2 aromatic heterocycles. The summed E-state index contributed by atoms with van der Waals surface area (Å²) in [4.78, 5) is 5.34. The third kappa shape index (κ3) is 4.26. The van der Waals surface area contributed by atoms with Crippen LogP contribution in [0.25, 0.3) is 0 Å². The third-order valence-corrected chi connectivity index (χ3v) is 6.48. The van der Waals surface area contributed by atoms with Gasteiger partial charge in [-0.05, 0) is 41.6 Å². The number of hydrogen-bond acceptors (Lipinski definition) is 7. The number of oxime groups is 1. The molecule has 3 heterocycles. The molecule has 0 bridgehead atoms. The fourth-order valence-electron chi connectivity index (χ4n) is 3.12. The van der Waals surface area contributed by atoms with Crippen LogP contribution in [0, 0.1) is 0 Å². The summed E-state index contributed by atoms with van der Waals surface area (Å²) in [6.45, 7) is 1.48. The van der Waals surface area contributed by atoms with Gasteiger partial charge < -0.3 is 15.3 Å². The molecule has 3 aromatic rings. The number of benzene rings is 1. The number of hydrogen-bond donors (Lipinski definition) is 2. The number of aromatic nitrogens is 1. The molecule has 1 aliphatic rings. The monoisotopic (exact) mass is 397 g/mol. The Morgan fingerprint density at radius 1 is 1.37 bits per heavy atom. The molecule has 0 saturated heterocycles. The quantitative estimate of drug-likeness (QED) is 0.345. The molecule has 5 nitrogen and oxygen atoms in total. The molecular formula is C20H19N3O2S2. The maximum Gasteiger partial charge on any atom is 0.123 e. The van der Waals surface area contributed by atoms with Crippen LogP contribution in [0.3, 0.4) is 0 Å². The van der Waals surface area contributed by atoms with Crippen molar-refractivity contribution in [3.8, 4) is 5.75 Å². The average molecular weight is 398 g/mol. The van der Waals surface area contributed by atoms with Crippen molar-refractivity contribution in [2.45, 2.75) is 21.4 Å². The van der Waals surface area contributed by atoms with Crippen molar-refractivity contribution in [3.63, 3.8) is 0 Å². The van der Waals surface area contributed by atoms with Crippen LogP contribution in [0.1, 0.15) is 23.5 Å². The van der Waals surface area contributed by atoms with Gasteiger partial charge in [-0.1, -0.05) is 29.1 Å². The number of pyridine rings is 1. The molecule has 0 aliphatic carbocycles. The molecule has 4 rings (SSSR count). The molecule has 1 unspecified atom stereocenters. The molecule has 27 heavy (non-hydrogen) atoms. The first kappa shape index (κ1) is 17.9. The van der Waals surface area contributed by atoms with E-state index in [1.807, 2.05) is 6.07 Å². The lowest BCUT2D eigenvalue weighted by Crippen LogP contribution is -2.21. The largest absolute Gasteiger partial charge is 0.493 e. The van der Waals surface area contributed by atoms with Crippen molar-refractivity contribution in [1.82, 2.24) is 4.98 Å². The molecule has 7 heteroatoms. The van der Waals surface area contributed by atoms with E-state index in [2.05, 4.69) is 51.2 Å². The van der Waals surface area contributed by atoms with Gasteiger partial charge in [-0.3, -0.25) is 4.98 Å². The SMILES string of the molecule is ON=Cc1ccncc1NCC1CCOc2cc(Sc3cccs3)ccc21. The molecular weight excluding hydrogens is 378 g/mol. The molecule has 138 valence electrons. The zero-order valence-corrected chi connectivity index (χ0v) is 16.2. The molecule has 1 atom stereocenters. The highest BCUT2D eigenvalue weighted by atomic mass is 32.2. The van der Waals surface area contributed by atoms with Crippen LogP contribution < -0.4 is 10.1 Å². The smallest absolute Gasteiger partial charge is 0.123 e. The number of nitrogens with one attached hydrogen (secondary N) is 1. The van der Waals surface area contributed by atoms with Gasteiger partial charge in [0.05, 0.1) is 28.9 Å². The van der Waals surface area contributed by atoms with Gasteiger partial charge in [0.2, 0.25) is 0 Å². The van der Waals surface area contributed by atoms with Gasteiger partial charge in [-0.15, -0.1) is 11.3 Å². The molecule has 0 fully saturated rings. The molecule has 0 spiro atoms. The van der Waals surface area contributed by atoms with Crippen LogP contribution in [0.5, 0.6) is 5.75 Å². The van der Waals surface area contributed by atoms with E-state index < -0.39 is 0 Å². The third-order valence-electron chi connectivity index (χ3n) is 4.45. The normalized spacial score (nSPS) is 16.1. The molecule has 1 aromatic carbocycles. The van der Waals surface area contributed by atoms with E-state index in [0.29, 0.717) is 12.5 Å². The zero-order chi connectivity index (χ0) is 18.5. The zero-order valence-electron chi connectivity index (χ0n) is 14.5. The lowest BCUT2D eigenvalue weighted by molar-refractivity contribution is 0.269. The number of rotatable bonds is 6. The van der Waals surface area contributed by atoms with E-state index in [9.17, 15) is 0 Å². The van der Waals surface area contributed by atoms with Crippen LogP contribution in [0.2, 0.25) is 0 Å². The first-order valence-corrected chi connectivity index (χ1v) is 10.4. The predicted molar refractivity (Wildman–Crippen MR) is 110 cm³/mol. The summed E-state index contributed by atoms with van der Waals surface area (Å²) in [7, 11) is 0. The Kier molecular flexibility index (Phi) is 5.60. The highest BCUT2D eigenvalue weighted by Gasteiger charge is 2.22. The van der Waals surface area contributed by atoms with Crippen LogP contribution in [-0.4, -0.2) is 29.6 Å². The predicted octanol–water partition coefficient (Wildman–Crippen LogP) is 5.08. The van der Waals surface area contributed by atoms with Crippen molar-refractivity contribution in [2.24, 2.45) is 5.16 Å². The number of fused-ring (bicyclic) bond motifs is 1. The number of thiophene rings is 1. The standard InChI is InChI=1S/C20H19N3O2S2/c24-23-12-15-5-7-21-13-18(15)22-11-14-6-8-25-19-10-16(3-4-17(14)19)27-20-2-1-9-26-20/h1-5,7,9-10,12-14,22,24H,6,8,11H2. The lowest BCUT2D eigenvalue weighted by atomic mass is 9.93. The van der Waals surface area contributed by atoms with Crippen molar-refractivity contribution in [1.29, 1.82) is 0 Å². The molecule has 0 saturated carbocycles. The highest BCUT2D eigenvalue weighted by Crippen LogP contribution is 2.39. The minimum absolute atomic E-state index is 0.355. The van der Waals surface area contributed by atoms with E-state index in [1.54, 1.807) is 35.5 Å². The maximum absolute atomic E-state index is 8.81. The van der Waals surface area contributed by atoms with Crippen molar-refractivity contribution in [3.05, 3.63) is 65.3 Å². The maximum atomic E-state index is 8.81. The van der Waals surface area contributed by atoms with E-state index >= 15 is 0 Å². The van der Waals surface area contributed by atoms with Crippen LogP contribution in [0.4, 0.5) is 5.69 Å². The fourth-order valence-corrected chi connectivity index (χ4v) is 4.89. The van der Waals surface area contributed by atoms with Gasteiger partial charge in [0, 0.05) is 29.1 Å². The molecule has 0 amide bonds. The Morgan fingerprint density at radius 3 is 3.19 bits per heavy atom. The Bertz CT molecular complexity index is 929. The van der Waals surface area contributed by atoms with E-state index in [-0.39, 0.29) is 0 Å². The number of ether oxygens (including phenoxy) is 1. The summed E-state index contributed by atoms with van der Waals surface area (Å²) in [5, 5.41) is 17.5. The van der Waals surface area contributed by atoms with E-state index in [0.717, 1.165) is 30.0 Å². The average Bonchev–Trinajstić information content (AvgIpc) is 3.20. The Morgan fingerprint density at radius 2 is 2.33 bits per heavy atom. The Hall–Kier alpha value is -2.51. The van der Waals surface area contributed by atoms with Gasteiger partial charge in [0.1, 0.15) is 5.75 Å². The lowest BCUT2D eigenvalue weighted by Gasteiger charge is -2.27. The summed E-state index contributed by atoms with van der Waals surface area (Å²) >= 11 is 3.51. The summed E-state index contributed by atoms with van der Waals surface area (Å²) in [6.07, 6.45) is 5.80. The van der Waals surface area contributed by atoms with Gasteiger partial charge in [-0.2, -0.15) is 0 Å². The van der Waals surface area contributed by atoms with Gasteiger partial charge >= 0.3 is 0 Å². The molecule has 2 N–H and O–H groups in total. The second-order valence-corrected chi connectivity index (χ2v) is 8.48. The summed E-state index contributed by atoms with van der Waals surface area (Å²) in [6, 6.07) is 12.5. The fraction of sp³-hybridized carbons (Fsp3) is 0.200. The molecule has 1 aliphatic heterocycles. The Balaban J connectivity index is 1.48. The van der Waals surface area contributed by atoms with Crippen LogP contribution in [-0.2, 0) is 0 Å². The van der Waals surface area contributed by atoms with Gasteiger partial charge in [-0.25, -0.2) is 0 Å². The topological polar surface area (TPSA) is 66.7 Å². The van der Waals surface area contributed by atoms with Crippen LogP contribution >= 0.6 is 23.1 Å². The van der Waals surface area contributed by atoms with E-state index in [4.69, 9.17) is 9.94 Å². The number of nitrogens with zero attached hydrogens (tertiary/aromatic N) is 2. The first-order chi connectivity index (χ1) is 13.3. The summed E-state index contributed by atoms with van der Waals surface area (Å²) in [5.41, 5.74) is 2.89. The van der Waals surface area contributed by atoms with Crippen molar-refractivity contribution >= 4 is 35.0 Å². The van der Waals surface area contributed by atoms with Gasteiger partial charge in [0.15, 0.2) is 0 Å².